The Morgan fingerprint density at radius 3 is 2.67 bits per heavy atom. The number of rotatable bonds is 13. The van der Waals surface area contributed by atoms with Crippen LogP contribution in [0.25, 0.3) is 0 Å². The lowest BCUT2D eigenvalue weighted by Gasteiger charge is -2.49. The first-order valence-electron chi connectivity index (χ1n) is 11.0. The summed E-state index contributed by atoms with van der Waals surface area (Å²) in [7, 11) is 1.27. The number of hydrogen-bond donors (Lipinski definition) is 5. The van der Waals surface area contributed by atoms with Crippen LogP contribution >= 0.6 is 23.1 Å². The third kappa shape index (κ3) is 6.22. The molecule has 2 aliphatic heterocycles. The van der Waals surface area contributed by atoms with Crippen LogP contribution in [0.1, 0.15) is 12.1 Å². The van der Waals surface area contributed by atoms with Crippen molar-refractivity contribution in [1.82, 2.24) is 20.1 Å². The number of β-lactam (4-membered cyclic amide) rings is 1. The van der Waals surface area contributed by atoms with Crippen molar-refractivity contribution in [3.05, 3.63) is 34.5 Å². The van der Waals surface area contributed by atoms with E-state index >= 15 is 0 Å². The number of aromatic nitrogens is 1. The molecule has 36 heavy (non-hydrogen) atoms. The number of aliphatic hydroxyl groups excluding tert-OH is 2. The van der Waals surface area contributed by atoms with E-state index in [9.17, 15) is 19.5 Å². The Balaban J connectivity index is 1.69. The zero-order valence-corrected chi connectivity index (χ0v) is 21.1. The van der Waals surface area contributed by atoms with Gasteiger partial charge in [-0.3, -0.25) is 19.4 Å². The molecule has 0 radical (unpaired) electrons. The molecule has 15 heteroatoms. The Kier molecular flexibility index (Phi) is 9.83. The van der Waals surface area contributed by atoms with Crippen molar-refractivity contribution >= 4 is 51.7 Å². The van der Waals surface area contributed by atoms with Crippen molar-refractivity contribution in [3.8, 4) is 0 Å². The van der Waals surface area contributed by atoms with Crippen molar-refractivity contribution in [2.45, 2.75) is 17.8 Å². The van der Waals surface area contributed by atoms with Gasteiger partial charge in [-0.25, -0.2) is 9.78 Å². The third-order valence-corrected chi connectivity index (χ3v) is 7.39. The van der Waals surface area contributed by atoms with E-state index in [1.54, 1.807) is 12.2 Å². The second-order valence-electron chi connectivity index (χ2n) is 7.71. The van der Waals surface area contributed by atoms with Gasteiger partial charge in [-0.15, -0.1) is 23.1 Å². The van der Waals surface area contributed by atoms with Crippen LogP contribution in [0.5, 0.6) is 0 Å². The van der Waals surface area contributed by atoms with Crippen LogP contribution in [0.3, 0.4) is 0 Å². The van der Waals surface area contributed by atoms with Gasteiger partial charge in [-0.2, -0.15) is 0 Å². The molecule has 0 unspecified atom stereocenters. The average molecular weight is 541 g/mol. The number of carboxylic acids is 1. The lowest BCUT2D eigenvalue weighted by Crippen LogP contribution is -2.71. The Hall–Kier alpha value is -2.98. The highest BCUT2D eigenvalue weighted by molar-refractivity contribution is 8.00. The van der Waals surface area contributed by atoms with Gasteiger partial charge in [-0.05, 0) is 12.0 Å². The molecule has 1 aromatic rings. The summed E-state index contributed by atoms with van der Waals surface area (Å²) in [5.41, 5.74) is 6.05. The minimum Gasteiger partial charge on any atom is -0.477 e. The molecule has 0 bridgehead atoms. The summed E-state index contributed by atoms with van der Waals surface area (Å²) < 4.78 is 0. The molecule has 3 heterocycles. The van der Waals surface area contributed by atoms with Gasteiger partial charge < -0.3 is 31.2 Å². The highest BCUT2D eigenvalue weighted by atomic mass is 32.2. The van der Waals surface area contributed by atoms with E-state index in [-0.39, 0.29) is 35.4 Å². The van der Waals surface area contributed by atoms with Crippen LogP contribution in [0.4, 0.5) is 5.13 Å². The number of aliphatic carboxylic acids is 1. The van der Waals surface area contributed by atoms with Crippen LogP contribution in [-0.4, -0.2) is 111 Å². The van der Waals surface area contributed by atoms with Crippen LogP contribution in [0, 0.1) is 0 Å². The molecule has 1 fully saturated rings. The SMILES string of the molecule is CO/N=C(\C(=O)N[C@@H]1C(=O)N2C(C(=O)O)=C(/C=C/CCN(CCO)CCO)CS[C@H]12)c1csc(N)n1. The molecule has 2 amide bonds. The molecule has 196 valence electrons. The van der Waals surface area contributed by atoms with E-state index in [1.807, 2.05) is 4.90 Å². The monoisotopic (exact) mass is 540 g/mol. The van der Waals surface area contributed by atoms with Crippen LogP contribution in [-0.2, 0) is 19.2 Å². The average Bonchev–Trinajstić information content (AvgIpc) is 3.28. The number of nitrogens with zero attached hydrogens (tertiary/aromatic N) is 4. The molecule has 2 aliphatic rings. The van der Waals surface area contributed by atoms with E-state index in [1.165, 1.54) is 29.2 Å². The van der Waals surface area contributed by atoms with Gasteiger partial charge in [0.05, 0.1) is 13.2 Å². The van der Waals surface area contributed by atoms with E-state index in [2.05, 4.69) is 15.5 Å². The molecular weight excluding hydrogens is 512 g/mol. The fourth-order valence-electron chi connectivity index (χ4n) is 3.77. The highest BCUT2D eigenvalue weighted by Crippen LogP contribution is 2.40. The van der Waals surface area contributed by atoms with E-state index < -0.39 is 29.2 Å². The van der Waals surface area contributed by atoms with Gasteiger partial charge in [0.25, 0.3) is 11.8 Å². The molecule has 13 nitrogen and oxygen atoms in total. The number of aliphatic hydroxyl groups is 2. The molecule has 2 atom stereocenters. The number of fused-ring (bicyclic) bond motifs is 1. The van der Waals surface area contributed by atoms with E-state index in [0.29, 0.717) is 37.4 Å². The maximum absolute atomic E-state index is 12.9. The molecule has 3 rings (SSSR count). The van der Waals surface area contributed by atoms with Gasteiger partial charge in [-0.1, -0.05) is 17.3 Å². The first-order valence-corrected chi connectivity index (χ1v) is 12.9. The van der Waals surface area contributed by atoms with Gasteiger partial charge in [0.2, 0.25) is 0 Å². The van der Waals surface area contributed by atoms with Crippen molar-refractivity contribution in [2.24, 2.45) is 5.16 Å². The number of anilines is 1. The second-order valence-corrected chi connectivity index (χ2v) is 9.71. The Bertz CT molecular complexity index is 1070. The van der Waals surface area contributed by atoms with Crippen LogP contribution in [0.15, 0.2) is 34.0 Å². The second kappa shape index (κ2) is 12.8. The number of carbonyl (C=O) groups is 3. The number of carbonyl (C=O) groups excluding carboxylic acids is 2. The fourth-order valence-corrected chi connectivity index (χ4v) is 5.64. The molecule has 0 saturated carbocycles. The normalized spacial score (nSPS) is 20.1. The summed E-state index contributed by atoms with van der Waals surface area (Å²) in [4.78, 5) is 49.5. The number of thioether (sulfide) groups is 1. The Morgan fingerprint density at radius 1 is 1.36 bits per heavy atom. The number of allylic oxidation sites excluding steroid dienone is 1. The largest absolute Gasteiger partial charge is 0.477 e. The highest BCUT2D eigenvalue weighted by Gasteiger charge is 2.54. The third-order valence-electron chi connectivity index (χ3n) is 5.41. The van der Waals surface area contributed by atoms with Crippen LogP contribution < -0.4 is 11.1 Å². The maximum Gasteiger partial charge on any atom is 0.352 e. The number of nitrogen functional groups attached to an aromatic ring is 1. The zero-order chi connectivity index (χ0) is 26.2. The molecule has 1 saturated heterocycles. The minimum absolute atomic E-state index is 0.0263. The molecule has 0 aromatic carbocycles. The zero-order valence-electron chi connectivity index (χ0n) is 19.5. The summed E-state index contributed by atoms with van der Waals surface area (Å²) >= 11 is 2.46. The summed E-state index contributed by atoms with van der Waals surface area (Å²) in [5, 5.41) is 35.5. The number of oxime groups is 1. The van der Waals surface area contributed by atoms with Crippen LogP contribution in [0.2, 0.25) is 0 Å². The molecule has 0 spiro atoms. The smallest absolute Gasteiger partial charge is 0.352 e. The topological polar surface area (TPSA) is 191 Å². The number of amides is 2. The summed E-state index contributed by atoms with van der Waals surface area (Å²) in [5.74, 6) is -2.14. The standard InChI is InChI=1S/C21H28N6O7S2/c1-34-25-14(13-11-36-21(22)23-13)17(30)24-15-18(31)27-16(20(32)33)12(10-35-19(15)27)4-2-3-5-26(6-8-28)7-9-29/h2,4,11,15,19,28-29H,3,5-10H2,1H3,(H2,22,23)(H,24,30)(H,32,33)/b4-2+,25-14-/t15-,19-/m1/s1. The molecule has 1 aromatic heterocycles. The lowest BCUT2D eigenvalue weighted by atomic mass is 10.0. The van der Waals surface area contributed by atoms with Gasteiger partial charge in [0.15, 0.2) is 10.8 Å². The number of nitrogens with one attached hydrogen (secondary N) is 1. The Morgan fingerprint density at radius 2 is 2.08 bits per heavy atom. The van der Waals surface area contributed by atoms with Crippen molar-refractivity contribution < 1.29 is 34.5 Å². The van der Waals surface area contributed by atoms with E-state index in [4.69, 9.17) is 20.8 Å². The van der Waals surface area contributed by atoms with E-state index in [0.717, 1.165) is 11.3 Å². The molecular formula is C21H28N6O7S2. The summed E-state index contributed by atoms with van der Waals surface area (Å²) in [6.07, 6.45) is 4.05. The number of thiazole rings is 1. The molecule has 0 aliphatic carbocycles. The number of hydrogen-bond acceptors (Lipinski definition) is 12. The first-order chi connectivity index (χ1) is 17.3. The maximum atomic E-state index is 12.9. The first kappa shape index (κ1) is 27.6. The van der Waals surface area contributed by atoms with Gasteiger partial charge >= 0.3 is 5.97 Å². The van der Waals surface area contributed by atoms with Crippen molar-refractivity contribution in [2.75, 3.05) is 51.4 Å². The predicted molar refractivity (Wildman–Crippen MR) is 134 cm³/mol. The summed E-state index contributed by atoms with van der Waals surface area (Å²) in [6.45, 7) is 1.38. The van der Waals surface area contributed by atoms with Gasteiger partial charge in [0, 0.05) is 30.8 Å². The summed E-state index contributed by atoms with van der Waals surface area (Å²) in [6, 6.07) is -0.939. The fraction of sp³-hybridized carbons (Fsp3) is 0.476. The van der Waals surface area contributed by atoms with Crippen molar-refractivity contribution in [1.29, 1.82) is 0 Å². The number of carboxylic acid groups (broad SMARTS) is 1. The van der Waals surface area contributed by atoms with Gasteiger partial charge in [0.1, 0.15) is 29.9 Å². The Labute approximate surface area is 215 Å². The lowest BCUT2D eigenvalue weighted by molar-refractivity contribution is -0.150. The molecule has 6 N–H and O–H groups in total. The quantitative estimate of drug-likeness (QED) is 0.118. The predicted octanol–water partition coefficient (Wildman–Crippen LogP) is -0.953. The van der Waals surface area contributed by atoms with Crippen molar-refractivity contribution in [3.63, 3.8) is 0 Å². The minimum atomic E-state index is -1.24. The number of nitrogens with two attached hydrogens (primary N) is 1.